The Bertz CT molecular complexity index is 569. The van der Waals surface area contributed by atoms with Crippen LogP contribution < -0.4 is 15.4 Å². The Labute approximate surface area is 118 Å². The molecule has 3 nitrogen and oxygen atoms in total. The summed E-state index contributed by atoms with van der Waals surface area (Å²) in [6, 6.07) is 12.6. The Hall–Kier alpha value is -2.07. The fraction of sp³-hybridized carbons (Fsp3) is 0.250. The number of methoxy groups -OCH3 is 1. The SMILES string of the molecule is COc1ccc(N(C)c2cc(F)cc(CCN)c2)cc1. The largest absolute Gasteiger partial charge is 0.497 e. The van der Waals surface area contributed by atoms with Crippen molar-refractivity contribution >= 4 is 11.4 Å². The predicted molar refractivity (Wildman–Crippen MR) is 80.2 cm³/mol. The maximum atomic E-state index is 13.7. The van der Waals surface area contributed by atoms with Gasteiger partial charge in [0.25, 0.3) is 0 Å². The van der Waals surface area contributed by atoms with Gasteiger partial charge in [-0.2, -0.15) is 0 Å². The number of hydrogen-bond acceptors (Lipinski definition) is 3. The van der Waals surface area contributed by atoms with Crippen LogP contribution in [0.15, 0.2) is 42.5 Å². The minimum atomic E-state index is -0.244. The number of benzene rings is 2. The minimum absolute atomic E-state index is 0.244. The van der Waals surface area contributed by atoms with E-state index in [2.05, 4.69) is 0 Å². The van der Waals surface area contributed by atoms with Crippen LogP contribution in [0.4, 0.5) is 15.8 Å². The fourth-order valence-corrected chi connectivity index (χ4v) is 2.09. The molecule has 0 bridgehead atoms. The van der Waals surface area contributed by atoms with Gasteiger partial charge in [-0.05, 0) is 61.0 Å². The monoisotopic (exact) mass is 274 g/mol. The second-order valence-electron chi connectivity index (χ2n) is 4.61. The third-order valence-electron chi connectivity index (χ3n) is 3.22. The van der Waals surface area contributed by atoms with Crippen LogP contribution in [0, 0.1) is 5.82 Å². The third-order valence-corrected chi connectivity index (χ3v) is 3.22. The van der Waals surface area contributed by atoms with Crippen LogP contribution in [0.1, 0.15) is 5.56 Å². The van der Waals surface area contributed by atoms with Gasteiger partial charge in [-0.25, -0.2) is 4.39 Å². The van der Waals surface area contributed by atoms with Crippen molar-refractivity contribution in [1.82, 2.24) is 0 Å². The second kappa shape index (κ2) is 6.39. The summed E-state index contributed by atoms with van der Waals surface area (Å²) < 4.78 is 18.8. The molecule has 2 N–H and O–H groups in total. The summed E-state index contributed by atoms with van der Waals surface area (Å²) in [5.41, 5.74) is 8.21. The maximum absolute atomic E-state index is 13.7. The van der Waals surface area contributed by atoms with Crippen molar-refractivity contribution in [2.24, 2.45) is 5.73 Å². The Morgan fingerprint density at radius 1 is 1.10 bits per heavy atom. The molecule has 0 aromatic heterocycles. The van der Waals surface area contributed by atoms with Crippen LogP contribution in [0.5, 0.6) is 5.75 Å². The lowest BCUT2D eigenvalue weighted by molar-refractivity contribution is 0.415. The molecule has 0 fully saturated rings. The Balaban J connectivity index is 2.29. The molecule has 0 unspecified atom stereocenters. The Morgan fingerprint density at radius 3 is 2.40 bits per heavy atom. The summed E-state index contributed by atoms with van der Waals surface area (Å²) in [6.07, 6.45) is 0.668. The zero-order chi connectivity index (χ0) is 14.5. The average Bonchev–Trinajstić information content (AvgIpc) is 2.46. The van der Waals surface area contributed by atoms with Gasteiger partial charge < -0.3 is 15.4 Å². The van der Waals surface area contributed by atoms with Crippen LogP contribution in [0.2, 0.25) is 0 Å². The van der Waals surface area contributed by atoms with Crippen molar-refractivity contribution < 1.29 is 9.13 Å². The molecule has 2 aromatic rings. The van der Waals surface area contributed by atoms with Crippen LogP contribution in [-0.2, 0) is 6.42 Å². The van der Waals surface area contributed by atoms with Crippen molar-refractivity contribution in [1.29, 1.82) is 0 Å². The van der Waals surface area contributed by atoms with E-state index in [9.17, 15) is 4.39 Å². The molecule has 0 saturated heterocycles. The number of nitrogens with two attached hydrogens (primary N) is 1. The first-order valence-corrected chi connectivity index (χ1v) is 6.51. The number of anilines is 2. The van der Waals surface area contributed by atoms with E-state index >= 15 is 0 Å². The number of rotatable bonds is 5. The maximum Gasteiger partial charge on any atom is 0.125 e. The first-order valence-electron chi connectivity index (χ1n) is 6.51. The summed E-state index contributed by atoms with van der Waals surface area (Å²) in [5.74, 6) is 0.552. The van der Waals surface area contributed by atoms with Gasteiger partial charge in [-0.15, -0.1) is 0 Å². The first kappa shape index (κ1) is 14.3. The highest BCUT2D eigenvalue weighted by Crippen LogP contribution is 2.27. The highest BCUT2D eigenvalue weighted by molar-refractivity contribution is 5.63. The molecule has 0 saturated carbocycles. The molecular weight excluding hydrogens is 255 g/mol. The molecule has 0 heterocycles. The van der Waals surface area contributed by atoms with Crippen molar-refractivity contribution in [2.45, 2.75) is 6.42 Å². The molecule has 20 heavy (non-hydrogen) atoms. The molecule has 0 atom stereocenters. The fourth-order valence-electron chi connectivity index (χ4n) is 2.09. The van der Waals surface area contributed by atoms with Crippen LogP contribution in [0.25, 0.3) is 0 Å². The number of nitrogens with zero attached hydrogens (tertiary/aromatic N) is 1. The van der Waals surface area contributed by atoms with E-state index < -0.39 is 0 Å². The molecule has 0 aliphatic heterocycles. The van der Waals surface area contributed by atoms with E-state index in [0.717, 1.165) is 22.7 Å². The quantitative estimate of drug-likeness (QED) is 0.910. The molecule has 2 rings (SSSR count). The minimum Gasteiger partial charge on any atom is -0.497 e. The van der Waals surface area contributed by atoms with Gasteiger partial charge >= 0.3 is 0 Å². The summed E-state index contributed by atoms with van der Waals surface area (Å²) in [4.78, 5) is 1.93. The highest BCUT2D eigenvalue weighted by atomic mass is 19.1. The highest BCUT2D eigenvalue weighted by Gasteiger charge is 2.07. The van der Waals surface area contributed by atoms with Gasteiger partial charge in [0.1, 0.15) is 11.6 Å². The Morgan fingerprint density at radius 2 is 1.80 bits per heavy atom. The molecule has 0 aliphatic carbocycles. The van der Waals surface area contributed by atoms with Crippen molar-refractivity contribution in [3.8, 4) is 5.75 Å². The molecule has 106 valence electrons. The lowest BCUT2D eigenvalue weighted by Gasteiger charge is -2.20. The van der Waals surface area contributed by atoms with Gasteiger partial charge in [0.15, 0.2) is 0 Å². The van der Waals surface area contributed by atoms with Crippen LogP contribution in [-0.4, -0.2) is 20.7 Å². The van der Waals surface area contributed by atoms with Crippen molar-refractivity contribution in [3.63, 3.8) is 0 Å². The van der Waals surface area contributed by atoms with E-state index in [1.165, 1.54) is 12.1 Å². The summed E-state index contributed by atoms with van der Waals surface area (Å²) >= 11 is 0. The van der Waals surface area contributed by atoms with E-state index in [1.807, 2.05) is 42.3 Å². The first-order chi connectivity index (χ1) is 9.63. The number of ether oxygens (including phenoxy) is 1. The molecular formula is C16H19FN2O. The Kier molecular flexibility index (Phi) is 4.58. The standard InChI is InChI=1S/C16H19FN2O/c1-19(14-3-5-16(20-2)6-4-14)15-10-12(7-8-18)9-13(17)11-15/h3-6,9-11H,7-8,18H2,1-2H3. The summed E-state index contributed by atoms with van der Waals surface area (Å²) in [6.45, 7) is 0.509. The van der Waals surface area contributed by atoms with E-state index in [1.54, 1.807) is 7.11 Å². The summed E-state index contributed by atoms with van der Waals surface area (Å²) in [5, 5.41) is 0. The van der Waals surface area contributed by atoms with Gasteiger partial charge in [-0.3, -0.25) is 0 Å². The molecule has 4 heteroatoms. The topological polar surface area (TPSA) is 38.5 Å². The molecule has 0 spiro atoms. The number of hydrogen-bond donors (Lipinski definition) is 1. The van der Waals surface area contributed by atoms with E-state index in [0.29, 0.717) is 13.0 Å². The summed E-state index contributed by atoms with van der Waals surface area (Å²) in [7, 11) is 3.53. The van der Waals surface area contributed by atoms with Gasteiger partial charge in [-0.1, -0.05) is 0 Å². The normalized spacial score (nSPS) is 10.4. The van der Waals surface area contributed by atoms with Gasteiger partial charge in [0.05, 0.1) is 7.11 Å². The second-order valence-corrected chi connectivity index (χ2v) is 4.61. The zero-order valence-corrected chi connectivity index (χ0v) is 11.8. The van der Waals surface area contributed by atoms with Gasteiger partial charge in [0, 0.05) is 18.4 Å². The smallest absolute Gasteiger partial charge is 0.125 e. The van der Waals surface area contributed by atoms with Crippen molar-refractivity contribution in [2.75, 3.05) is 25.6 Å². The lowest BCUT2D eigenvalue weighted by Crippen LogP contribution is -2.11. The molecule has 2 aromatic carbocycles. The number of halogens is 1. The molecule has 0 aliphatic rings. The average molecular weight is 274 g/mol. The zero-order valence-electron chi connectivity index (χ0n) is 11.8. The van der Waals surface area contributed by atoms with Crippen molar-refractivity contribution in [3.05, 3.63) is 53.8 Å². The molecule has 0 amide bonds. The van der Waals surface area contributed by atoms with E-state index in [4.69, 9.17) is 10.5 Å². The van der Waals surface area contributed by atoms with Crippen LogP contribution >= 0.6 is 0 Å². The van der Waals surface area contributed by atoms with Crippen LogP contribution in [0.3, 0.4) is 0 Å². The van der Waals surface area contributed by atoms with E-state index in [-0.39, 0.29) is 5.82 Å². The predicted octanol–water partition coefficient (Wildman–Crippen LogP) is 3.10. The third kappa shape index (κ3) is 3.27. The molecule has 0 radical (unpaired) electrons. The lowest BCUT2D eigenvalue weighted by atomic mass is 10.1. The van der Waals surface area contributed by atoms with Gasteiger partial charge in [0.2, 0.25) is 0 Å².